The molecule has 6 heteroatoms. The molecule has 110 valence electrons. The van der Waals surface area contributed by atoms with Gasteiger partial charge in [0.05, 0.1) is 11.1 Å². The first kappa shape index (κ1) is 14.4. The van der Waals surface area contributed by atoms with Gasteiger partial charge in [0.15, 0.2) is 5.11 Å². The maximum absolute atomic E-state index is 13.2. The second-order valence-corrected chi connectivity index (χ2v) is 5.85. The van der Waals surface area contributed by atoms with Crippen LogP contribution in [0, 0.1) is 5.82 Å². The van der Waals surface area contributed by atoms with E-state index in [2.05, 4.69) is 34.0 Å². The molecule has 0 radical (unpaired) electrons. The van der Waals surface area contributed by atoms with E-state index in [1.807, 2.05) is 6.07 Å². The van der Waals surface area contributed by atoms with Gasteiger partial charge in [-0.3, -0.25) is 0 Å². The number of aromatic nitrogens is 1. The molecule has 0 fully saturated rings. The van der Waals surface area contributed by atoms with Crippen molar-refractivity contribution in [3.63, 3.8) is 0 Å². The van der Waals surface area contributed by atoms with E-state index in [1.165, 1.54) is 11.8 Å². The fourth-order valence-electron chi connectivity index (χ4n) is 2.63. The Balaban J connectivity index is 1.75. The monoisotopic (exact) mass is 323 g/mol. The molecule has 3 nitrogen and oxygen atoms in total. The molecule has 0 saturated heterocycles. The zero-order valence-corrected chi connectivity index (χ0v) is 13.1. The van der Waals surface area contributed by atoms with Crippen LogP contribution >= 0.6 is 23.8 Å². The summed E-state index contributed by atoms with van der Waals surface area (Å²) >= 11 is 11.3. The Morgan fingerprint density at radius 1 is 1.38 bits per heavy atom. The van der Waals surface area contributed by atoms with E-state index in [9.17, 15) is 4.39 Å². The fraction of sp³-hybridized carbons (Fsp3) is 0.267. The number of thiocarbonyl (C=S) groups is 1. The molecule has 1 atom stereocenters. The summed E-state index contributed by atoms with van der Waals surface area (Å²) in [7, 11) is 0. The average Bonchev–Trinajstić information content (AvgIpc) is 2.92. The quantitative estimate of drug-likeness (QED) is 0.799. The number of fused-ring (bicyclic) bond motifs is 1. The Hall–Kier alpha value is -1.59. The SMILES string of the molecule is C[C@H]1c2cccn2CCN1C(=S)Nc1ccc(F)c(Cl)c1. The van der Waals surface area contributed by atoms with Crippen molar-refractivity contribution in [3.05, 3.63) is 53.1 Å². The summed E-state index contributed by atoms with van der Waals surface area (Å²) in [4.78, 5) is 2.13. The molecular formula is C15H15ClFN3S. The molecule has 0 unspecified atom stereocenters. The van der Waals surface area contributed by atoms with Crippen LogP contribution in [0.2, 0.25) is 5.02 Å². The number of benzene rings is 1. The Morgan fingerprint density at radius 3 is 2.95 bits per heavy atom. The highest BCUT2D eigenvalue weighted by Gasteiger charge is 2.25. The predicted molar refractivity (Wildman–Crippen MR) is 87.2 cm³/mol. The van der Waals surface area contributed by atoms with Gasteiger partial charge in [0.2, 0.25) is 0 Å². The van der Waals surface area contributed by atoms with Crippen molar-refractivity contribution in [2.24, 2.45) is 0 Å². The maximum atomic E-state index is 13.2. The average molecular weight is 324 g/mol. The van der Waals surface area contributed by atoms with Gasteiger partial charge in [0.1, 0.15) is 5.82 Å². The van der Waals surface area contributed by atoms with Crippen LogP contribution in [0.25, 0.3) is 0 Å². The molecular weight excluding hydrogens is 309 g/mol. The lowest BCUT2D eigenvalue weighted by Gasteiger charge is -2.36. The Morgan fingerprint density at radius 2 is 2.19 bits per heavy atom. The van der Waals surface area contributed by atoms with Crippen molar-refractivity contribution in [1.82, 2.24) is 9.47 Å². The first-order valence-electron chi connectivity index (χ1n) is 6.74. The van der Waals surface area contributed by atoms with Gasteiger partial charge >= 0.3 is 0 Å². The van der Waals surface area contributed by atoms with Crippen molar-refractivity contribution in [1.29, 1.82) is 0 Å². The molecule has 3 rings (SSSR count). The Kier molecular flexibility index (Phi) is 3.87. The molecule has 0 amide bonds. The molecule has 2 aromatic rings. The first-order chi connectivity index (χ1) is 10.1. The lowest BCUT2D eigenvalue weighted by molar-refractivity contribution is 0.276. The first-order valence-corrected chi connectivity index (χ1v) is 7.52. The molecule has 1 aliphatic heterocycles. The van der Waals surface area contributed by atoms with Crippen LogP contribution in [0.3, 0.4) is 0 Å². The van der Waals surface area contributed by atoms with E-state index in [1.54, 1.807) is 12.1 Å². The van der Waals surface area contributed by atoms with Crippen LogP contribution in [-0.4, -0.2) is 21.1 Å². The van der Waals surface area contributed by atoms with E-state index in [0.717, 1.165) is 13.1 Å². The second kappa shape index (κ2) is 5.66. The van der Waals surface area contributed by atoms with Crippen LogP contribution in [-0.2, 0) is 6.54 Å². The zero-order chi connectivity index (χ0) is 15.0. The third-order valence-electron chi connectivity index (χ3n) is 3.77. The minimum absolute atomic E-state index is 0.0865. The van der Waals surface area contributed by atoms with Gasteiger partial charge in [-0.15, -0.1) is 0 Å². The number of anilines is 1. The van der Waals surface area contributed by atoms with Gasteiger partial charge in [-0.1, -0.05) is 11.6 Å². The van der Waals surface area contributed by atoms with E-state index in [-0.39, 0.29) is 11.1 Å². The van der Waals surface area contributed by atoms with Crippen LogP contribution in [0.4, 0.5) is 10.1 Å². The normalized spacial score (nSPS) is 17.5. The van der Waals surface area contributed by atoms with E-state index in [0.29, 0.717) is 10.8 Å². The van der Waals surface area contributed by atoms with Gasteiger partial charge in [0.25, 0.3) is 0 Å². The highest BCUT2D eigenvalue weighted by molar-refractivity contribution is 7.80. The minimum atomic E-state index is -0.433. The van der Waals surface area contributed by atoms with Crippen molar-refractivity contribution in [2.75, 3.05) is 11.9 Å². The number of halogens is 2. The van der Waals surface area contributed by atoms with Crippen LogP contribution in [0.5, 0.6) is 0 Å². The molecule has 1 aromatic carbocycles. The van der Waals surface area contributed by atoms with Gasteiger partial charge in [-0.2, -0.15) is 0 Å². The van der Waals surface area contributed by atoms with Crippen molar-refractivity contribution < 1.29 is 4.39 Å². The number of hydrogen-bond acceptors (Lipinski definition) is 1. The highest BCUT2D eigenvalue weighted by Crippen LogP contribution is 2.26. The minimum Gasteiger partial charge on any atom is -0.348 e. The predicted octanol–water partition coefficient (Wildman–Crippen LogP) is 4.05. The van der Waals surface area contributed by atoms with Crippen LogP contribution in [0.1, 0.15) is 18.7 Å². The van der Waals surface area contributed by atoms with Gasteiger partial charge < -0.3 is 14.8 Å². The van der Waals surface area contributed by atoms with E-state index < -0.39 is 5.82 Å². The smallest absolute Gasteiger partial charge is 0.174 e. The molecule has 1 aliphatic rings. The largest absolute Gasteiger partial charge is 0.348 e. The summed E-state index contributed by atoms with van der Waals surface area (Å²) < 4.78 is 15.4. The highest BCUT2D eigenvalue weighted by atomic mass is 35.5. The summed E-state index contributed by atoms with van der Waals surface area (Å²) in [5.74, 6) is -0.433. The van der Waals surface area contributed by atoms with Crippen molar-refractivity contribution in [3.8, 4) is 0 Å². The number of rotatable bonds is 1. The van der Waals surface area contributed by atoms with Gasteiger partial charge in [-0.05, 0) is 49.5 Å². The number of hydrogen-bond donors (Lipinski definition) is 1. The zero-order valence-electron chi connectivity index (χ0n) is 11.5. The molecule has 0 bridgehead atoms. The Labute approximate surface area is 133 Å². The summed E-state index contributed by atoms with van der Waals surface area (Å²) in [5, 5.41) is 3.84. The van der Waals surface area contributed by atoms with Gasteiger partial charge in [-0.25, -0.2) is 4.39 Å². The van der Waals surface area contributed by atoms with Crippen LogP contribution < -0.4 is 5.32 Å². The molecule has 1 aromatic heterocycles. The van der Waals surface area contributed by atoms with Crippen LogP contribution in [0.15, 0.2) is 36.5 Å². The number of nitrogens with one attached hydrogen (secondary N) is 1. The second-order valence-electron chi connectivity index (χ2n) is 5.05. The van der Waals surface area contributed by atoms with Gasteiger partial charge in [0, 0.05) is 30.7 Å². The molecule has 1 N–H and O–H groups in total. The molecule has 2 heterocycles. The summed E-state index contributed by atoms with van der Waals surface area (Å²) in [6.45, 7) is 3.86. The molecule has 0 saturated carbocycles. The van der Waals surface area contributed by atoms with Crippen molar-refractivity contribution >= 4 is 34.6 Å². The maximum Gasteiger partial charge on any atom is 0.174 e. The topological polar surface area (TPSA) is 20.2 Å². The molecule has 0 spiro atoms. The standard InChI is InChI=1S/C15H15ClFN3S/c1-10-14-3-2-6-19(14)7-8-20(10)15(21)18-11-4-5-13(17)12(16)9-11/h2-6,9-10H,7-8H2,1H3,(H,18,21)/t10-/m0/s1. The summed E-state index contributed by atoms with van der Waals surface area (Å²) in [6, 6.07) is 8.85. The van der Waals surface area contributed by atoms with E-state index >= 15 is 0 Å². The lowest BCUT2D eigenvalue weighted by Crippen LogP contribution is -2.42. The summed E-state index contributed by atoms with van der Waals surface area (Å²) in [6.07, 6.45) is 2.08. The Bertz CT molecular complexity index is 685. The lowest BCUT2D eigenvalue weighted by atomic mass is 10.1. The molecule has 0 aliphatic carbocycles. The van der Waals surface area contributed by atoms with Crippen molar-refractivity contribution in [2.45, 2.75) is 19.5 Å². The molecule has 21 heavy (non-hydrogen) atoms. The summed E-state index contributed by atoms with van der Waals surface area (Å²) in [5.41, 5.74) is 1.93. The third-order valence-corrected chi connectivity index (χ3v) is 4.40. The fourth-order valence-corrected chi connectivity index (χ4v) is 3.17. The van der Waals surface area contributed by atoms with E-state index in [4.69, 9.17) is 23.8 Å². The third kappa shape index (κ3) is 2.76. The number of nitrogens with zero attached hydrogens (tertiary/aromatic N) is 2.